The fraction of sp³-hybridized carbons (Fsp3) is 0.222. The van der Waals surface area contributed by atoms with Gasteiger partial charge in [0.25, 0.3) is 5.91 Å². The second kappa shape index (κ2) is 7.98. The van der Waals surface area contributed by atoms with Crippen molar-refractivity contribution in [2.24, 2.45) is 0 Å². The van der Waals surface area contributed by atoms with E-state index in [-0.39, 0.29) is 19.1 Å². The molecule has 120 valence electrons. The average Bonchev–Trinajstić information content (AvgIpc) is 2.55. The molecule has 0 saturated heterocycles. The number of nitrogen functional groups attached to an aromatic ring is 1. The van der Waals surface area contributed by atoms with Crippen LogP contribution in [0.1, 0.15) is 28.4 Å². The van der Waals surface area contributed by atoms with Crippen molar-refractivity contribution in [3.8, 4) is 0 Å². The maximum atomic E-state index is 12.2. The van der Waals surface area contributed by atoms with Gasteiger partial charge < -0.3 is 15.8 Å². The smallest absolute Gasteiger partial charge is 0.325 e. The Morgan fingerprint density at radius 2 is 1.83 bits per heavy atom. The third kappa shape index (κ3) is 4.85. The highest BCUT2D eigenvalue weighted by Crippen LogP contribution is 2.17. The van der Waals surface area contributed by atoms with Crippen LogP contribution in [0.3, 0.4) is 0 Å². The zero-order valence-electron chi connectivity index (χ0n) is 13.0. The van der Waals surface area contributed by atoms with E-state index in [2.05, 4.69) is 5.32 Å². The molecular weight excluding hydrogens is 292 g/mol. The molecular formula is C18H20N2O3. The van der Waals surface area contributed by atoms with Crippen LogP contribution in [0.2, 0.25) is 0 Å². The number of anilines is 1. The number of carbonyl (C=O) groups is 2. The van der Waals surface area contributed by atoms with Crippen molar-refractivity contribution in [1.29, 1.82) is 0 Å². The van der Waals surface area contributed by atoms with Gasteiger partial charge in [-0.2, -0.15) is 0 Å². The van der Waals surface area contributed by atoms with Crippen LogP contribution < -0.4 is 11.1 Å². The summed E-state index contributed by atoms with van der Waals surface area (Å²) in [6.45, 7) is 1.82. The summed E-state index contributed by atoms with van der Waals surface area (Å²) >= 11 is 0. The molecule has 0 saturated carbocycles. The number of hydrogen-bond acceptors (Lipinski definition) is 4. The molecule has 0 heterocycles. The Morgan fingerprint density at radius 1 is 1.09 bits per heavy atom. The summed E-state index contributed by atoms with van der Waals surface area (Å²) in [5.41, 5.74) is 8.74. The van der Waals surface area contributed by atoms with Crippen LogP contribution in [-0.4, -0.2) is 25.0 Å². The minimum atomic E-state index is -0.472. The molecule has 0 atom stereocenters. The standard InChI is InChI=1S/C18H20N2O3/c1-2-23-17(21)12-20-18(22)15-11-14(8-9-16(15)19)10-13-6-4-3-5-7-13/h3-9,11H,2,10,12,19H2,1H3,(H,20,22). The van der Waals surface area contributed by atoms with Gasteiger partial charge in [-0.1, -0.05) is 36.4 Å². The lowest BCUT2D eigenvalue weighted by atomic mass is 10.0. The van der Waals surface area contributed by atoms with Gasteiger partial charge in [0.15, 0.2) is 0 Å². The number of ether oxygens (including phenoxy) is 1. The van der Waals surface area contributed by atoms with Crippen molar-refractivity contribution in [2.45, 2.75) is 13.3 Å². The Bertz CT molecular complexity index is 684. The van der Waals surface area contributed by atoms with E-state index < -0.39 is 5.97 Å². The number of nitrogens with one attached hydrogen (secondary N) is 1. The van der Waals surface area contributed by atoms with Crippen LogP contribution in [0, 0.1) is 0 Å². The molecule has 0 aromatic heterocycles. The van der Waals surface area contributed by atoms with E-state index in [9.17, 15) is 9.59 Å². The fourth-order valence-electron chi connectivity index (χ4n) is 2.20. The predicted molar refractivity (Wildman–Crippen MR) is 89.1 cm³/mol. The topological polar surface area (TPSA) is 81.4 Å². The molecule has 23 heavy (non-hydrogen) atoms. The van der Waals surface area contributed by atoms with Gasteiger partial charge in [-0.05, 0) is 36.6 Å². The lowest BCUT2D eigenvalue weighted by Crippen LogP contribution is -2.31. The minimum Gasteiger partial charge on any atom is -0.465 e. The molecule has 5 heteroatoms. The van der Waals surface area contributed by atoms with Crippen LogP contribution in [-0.2, 0) is 16.0 Å². The molecule has 0 spiro atoms. The van der Waals surface area contributed by atoms with E-state index in [1.165, 1.54) is 0 Å². The van der Waals surface area contributed by atoms with Crippen LogP contribution in [0.25, 0.3) is 0 Å². The maximum absolute atomic E-state index is 12.2. The molecule has 0 unspecified atom stereocenters. The van der Waals surface area contributed by atoms with Crippen LogP contribution in [0.4, 0.5) is 5.69 Å². The monoisotopic (exact) mass is 312 g/mol. The Balaban J connectivity index is 2.07. The number of carbonyl (C=O) groups excluding carboxylic acids is 2. The third-order valence-electron chi connectivity index (χ3n) is 3.31. The summed E-state index contributed by atoms with van der Waals surface area (Å²) in [7, 11) is 0. The number of amides is 1. The van der Waals surface area contributed by atoms with Gasteiger partial charge in [0.05, 0.1) is 12.2 Å². The van der Waals surface area contributed by atoms with Gasteiger partial charge in [0.1, 0.15) is 6.54 Å². The molecule has 0 aliphatic heterocycles. The number of rotatable bonds is 6. The highest BCUT2D eigenvalue weighted by molar-refractivity contribution is 6.00. The molecule has 5 nitrogen and oxygen atoms in total. The first kappa shape index (κ1) is 16.5. The van der Waals surface area contributed by atoms with E-state index in [1.807, 2.05) is 36.4 Å². The van der Waals surface area contributed by atoms with Gasteiger partial charge in [-0.15, -0.1) is 0 Å². The van der Waals surface area contributed by atoms with Gasteiger partial charge in [0, 0.05) is 5.69 Å². The molecule has 3 N–H and O–H groups in total. The summed E-state index contributed by atoms with van der Waals surface area (Å²) in [4.78, 5) is 23.5. The summed E-state index contributed by atoms with van der Waals surface area (Å²) in [5.74, 6) is -0.856. The van der Waals surface area contributed by atoms with Crippen molar-refractivity contribution in [2.75, 3.05) is 18.9 Å². The van der Waals surface area contributed by atoms with Gasteiger partial charge >= 0.3 is 5.97 Å². The highest BCUT2D eigenvalue weighted by Gasteiger charge is 2.12. The average molecular weight is 312 g/mol. The number of benzene rings is 2. The Hall–Kier alpha value is -2.82. The highest BCUT2D eigenvalue weighted by atomic mass is 16.5. The first-order valence-electron chi connectivity index (χ1n) is 7.46. The first-order valence-corrected chi connectivity index (χ1v) is 7.46. The third-order valence-corrected chi connectivity index (χ3v) is 3.31. The summed E-state index contributed by atoms with van der Waals surface area (Å²) in [5, 5.41) is 2.52. The van der Waals surface area contributed by atoms with Crippen LogP contribution in [0.5, 0.6) is 0 Å². The molecule has 0 aliphatic carbocycles. The summed E-state index contributed by atoms with van der Waals surface area (Å²) < 4.78 is 4.78. The zero-order valence-corrected chi connectivity index (χ0v) is 13.0. The molecule has 0 aliphatic rings. The van der Waals surface area contributed by atoms with Crippen molar-refractivity contribution in [1.82, 2.24) is 5.32 Å². The molecule has 1 amide bonds. The first-order chi connectivity index (χ1) is 11.1. The second-order valence-corrected chi connectivity index (χ2v) is 5.07. The molecule has 0 fully saturated rings. The lowest BCUT2D eigenvalue weighted by molar-refractivity contribution is -0.141. The lowest BCUT2D eigenvalue weighted by Gasteiger charge is -2.10. The molecule has 2 rings (SSSR count). The predicted octanol–water partition coefficient (Wildman–Crippen LogP) is 2.15. The molecule has 2 aromatic rings. The number of hydrogen-bond donors (Lipinski definition) is 2. The van der Waals surface area contributed by atoms with E-state index in [0.29, 0.717) is 17.7 Å². The quantitative estimate of drug-likeness (QED) is 0.632. The van der Waals surface area contributed by atoms with Crippen molar-refractivity contribution >= 4 is 17.6 Å². The van der Waals surface area contributed by atoms with Crippen molar-refractivity contribution < 1.29 is 14.3 Å². The van der Waals surface area contributed by atoms with Gasteiger partial charge in [-0.25, -0.2) is 0 Å². The van der Waals surface area contributed by atoms with Crippen LogP contribution >= 0.6 is 0 Å². The number of nitrogens with two attached hydrogens (primary N) is 1. The van der Waals surface area contributed by atoms with Gasteiger partial charge in [0.2, 0.25) is 0 Å². The van der Waals surface area contributed by atoms with E-state index in [0.717, 1.165) is 11.1 Å². The zero-order chi connectivity index (χ0) is 16.7. The SMILES string of the molecule is CCOC(=O)CNC(=O)c1cc(Cc2ccccc2)ccc1N. The number of esters is 1. The fourth-order valence-corrected chi connectivity index (χ4v) is 2.20. The van der Waals surface area contributed by atoms with Crippen molar-refractivity contribution in [3.63, 3.8) is 0 Å². The molecule has 0 bridgehead atoms. The van der Waals surface area contributed by atoms with E-state index in [4.69, 9.17) is 10.5 Å². The van der Waals surface area contributed by atoms with Crippen LogP contribution in [0.15, 0.2) is 48.5 Å². The second-order valence-electron chi connectivity index (χ2n) is 5.07. The Morgan fingerprint density at radius 3 is 2.52 bits per heavy atom. The summed E-state index contributed by atoms with van der Waals surface area (Å²) in [6.07, 6.45) is 0.708. The Kier molecular flexibility index (Phi) is 5.74. The summed E-state index contributed by atoms with van der Waals surface area (Å²) in [6, 6.07) is 15.3. The Labute approximate surface area is 135 Å². The normalized spacial score (nSPS) is 10.1. The minimum absolute atomic E-state index is 0.172. The van der Waals surface area contributed by atoms with Gasteiger partial charge in [-0.3, -0.25) is 9.59 Å². The van der Waals surface area contributed by atoms with E-state index >= 15 is 0 Å². The van der Waals surface area contributed by atoms with Crippen molar-refractivity contribution in [3.05, 3.63) is 65.2 Å². The molecule has 2 aromatic carbocycles. The van der Waals surface area contributed by atoms with E-state index in [1.54, 1.807) is 19.1 Å². The largest absolute Gasteiger partial charge is 0.465 e. The maximum Gasteiger partial charge on any atom is 0.325 e. The molecule has 0 radical (unpaired) electrons.